The van der Waals surface area contributed by atoms with Gasteiger partial charge in [0.15, 0.2) is 0 Å². The van der Waals surface area contributed by atoms with Crippen molar-refractivity contribution < 1.29 is 19.2 Å². The minimum atomic E-state index is -0.821. The molecule has 2 atom stereocenters. The number of hydrogen-bond donors (Lipinski definition) is 1. The van der Waals surface area contributed by atoms with E-state index < -0.39 is 11.0 Å². The summed E-state index contributed by atoms with van der Waals surface area (Å²) in [7, 11) is 1.56. The van der Waals surface area contributed by atoms with Gasteiger partial charge in [0.1, 0.15) is 11.8 Å². The molecule has 0 aliphatic heterocycles. The van der Waals surface area contributed by atoms with E-state index in [-0.39, 0.29) is 36.5 Å². The van der Waals surface area contributed by atoms with Gasteiger partial charge in [-0.3, -0.25) is 19.7 Å². The summed E-state index contributed by atoms with van der Waals surface area (Å²) in [6, 6.07) is 22.1. The van der Waals surface area contributed by atoms with Crippen molar-refractivity contribution in [1.82, 2.24) is 10.2 Å². The van der Waals surface area contributed by atoms with Gasteiger partial charge in [0, 0.05) is 30.6 Å². The van der Waals surface area contributed by atoms with Gasteiger partial charge in [-0.2, -0.15) is 0 Å². The normalized spacial score (nSPS) is 12.3. The summed E-state index contributed by atoms with van der Waals surface area (Å²) in [6.45, 7) is 4.03. The summed E-state index contributed by atoms with van der Waals surface area (Å²) in [5, 5.41) is 14.6. The van der Waals surface area contributed by atoms with Crippen molar-refractivity contribution in [2.24, 2.45) is 0 Å². The number of nitro groups is 1. The van der Waals surface area contributed by atoms with Crippen LogP contribution in [0.1, 0.15) is 37.0 Å². The summed E-state index contributed by atoms with van der Waals surface area (Å²) in [5.41, 5.74) is 1.86. The summed E-state index contributed by atoms with van der Waals surface area (Å²) >= 11 is 0. The highest BCUT2D eigenvalue weighted by atomic mass is 16.6. The zero-order chi connectivity index (χ0) is 26.8. The average Bonchev–Trinajstić information content (AvgIpc) is 2.91. The molecule has 194 valence electrons. The molecule has 0 spiro atoms. The highest BCUT2D eigenvalue weighted by Crippen LogP contribution is 2.23. The molecule has 0 fully saturated rings. The van der Waals surface area contributed by atoms with Crippen LogP contribution < -0.4 is 10.1 Å². The summed E-state index contributed by atoms with van der Waals surface area (Å²) in [5.74, 6) is -0.0124. The number of hydrogen-bond acceptors (Lipinski definition) is 5. The van der Waals surface area contributed by atoms with Crippen LogP contribution in [0.5, 0.6) is 5.75 Å². The van der Waals surface area contributed by atoms with Crippen LogP contribution in [0.3, 0.4) is 0 Å². The van der Waals surface area contributed by atoms with Gasteiger partial charge in [0.25, 0.3) is 5.69 Å². The Bertz CT molecular complexity index is 1210. The average molecular weight is 504 g/mol. The maximum Gasteiger partial charge on any atom is 0.273 e. The van der Waals surface area contributed by atoms with Gasteiger partial charge in [-0.25, -0.2) is 0 Å². The second-order valence-corrected chi connectivity index (χ2v) is 8.96. The molecule has 3 aromatic rings. The Morgan fingerprint density at radius 2 is 1.68 bits per heavy atom. The predicted octanol–water partition coefficient (Wildman–Crippen LogP) is 4.70. The van der Waals surface area contributed by atoms with E-state index in [1.54, 1.807) is 31.4 Å². The van der Waals surface area contributed by atoms with Crippen LogP contribution in [0, 0.1) is 10.1 Å². The first-order chi connectivity index (χ1) is 17.8. The molecule has 0 aliphatic carbocycles. The van der Waals surface area contributed by atoms with E-state index in [9.17, 15) is 19.7 Å². The molecule has 1 N–H and O–H groups in total. The topological polar surface area (TPSA) is 102 Å². The van der Waals surface area contributed by atoms with Gasteiger partial charge >= 0.3 is 0 Å². The number of carbonyl (C=O) groups is 2. The van der Waals surface area contributed by atoms with Gasteiger partial charge in [0.2, 0.25) is 11.8 Å². The number of carbonyl (C=O) groups excluding carboxylic acids is 2. The largest absolute Gasteiger partial charge is 0.497 e. The fourth-order valence-electron chi connectivity index (χ4n) is 4.07. The Morgan fingerprint density at radius 3 is 2.35 bits per heavy atom. The minimum absolute atomic E-state index is 0.0743. The molecule has 8 nitrogen and oxygen atoms in total. The van der Waals surface area contributed by atoms with Crippen molar-refractivity contribution in [3.8, 4) is 5.75 Å². The molecule has 2 amide bonds. The van der Waals surface area contributed by atoms with Gasteiger partial charge in [-0.15, -0.1) is 0 Å². The summed E-state index contributed by atoms with van der Waals surface area (Å²) < 4.78 is 5.35. The van der Waals surface area contributed by atoms with E-state index in [0.717, 1.165) is 17.5 Å². The molecule has 37 heavy (non-hydrogen) atoms. The quantitative estimate of drug-likeness (QED) is 0.285. The smallest absolute Gasteiger partial charge is 0.273 e. The van der Waals surface area contributed by atoms with E-state index >= 15 is 0 Å². The molecule has 0 heterocycles. The second kappa shape index (κ2) is 13.2. The lowest BCUT2D eigenvalue weighted by atomic mass is 10.0. The zero-order valence-corrected chi connectivity index (χ0v) is 21.4. The lowest BCUT2D eigenvalue weighted by molar-refractivity contribution is -0.385. The zero-order valence-electron chi connectivity index (χ0n) is 21.4. The van der Waals surface area contributed by atoms with Gasteiger partial charge in [-0.05, 0) is 36.6 Å². The second-order valence-electron chi connectivity index (χ2n) is 8.96. The van der Waals surface area contributed by atoms with Gasteiger partial charge < -0.3 is 15.0 Å². The van der Waals surface area contributed by atoms with Crippen molar-refractivity contribution >= 4 is 17.5 Å². The number of para-hydroxylation sites is 1. The summed E-state index contributed by atoms with van der Waals surface area (Å²) in [4.78, 5) is 40.0. The number of ether oxygens (including phenoxy) is 1. The molecule has 3 rings (SSSR count). The standard InChI is InChI=1S/C29H33N3O5/c1-4-21(2)30-29(34)27(18-22-11-6-5-7-12-22)31(20-23-13-10-15-25(17-23)37-3)28(33)19-24-14-8-9-16-26(24)32(35)36/h5-17,21,27H,4,18-20H2,1-3H3,(H,30,34)/t21-,27-/m1/s1. The highest BCUT2D eigenvalue weighted by Gasteiger charge is 2.32. The Balaban J connectivity index is 2.03. The number of methoxy groups -OCH3 is 1. The van der Waals surface area contributed by atoms with Crippen molar-refractivity contribution in [2.45, 2.75) is 51.7 Å². The third kappa shape index (κ3) is 7.64. The molecule has 0 aliphatic rings. The van der Waals surface area contributed by atoms with Gasteiger partial charge in [-0.1, -0.05) is 67.6 Å². The Labute approximate surface area is 217 Å². The fourth-order valence-corrected chi connectivity index (χ4v) is 4.07. The molecular formula is C29H33N3O5. The van der Waals surface area contributed by atoms with E-state index in [4.69, 9.17) is 4.74 Å². The molecule has 0 radical (unpaired) electrons. The fraction of sp³-hybridized carbons (Fsp3) is 0.310. The lowest BCUT2D eigenvalue weighted by Gasteiger charge is -2.32. The predicted molar refractivity (Wildman–Crippen MR) is 142 cm³/mol. The van der Waals surface area contributed by atoms with Crippen molar-refractivity contribution in [1.29, 1.82) is 0 Å². The minimum Gasteiger partial charge on any atom is -0.497 e. The molecule has 8 heteroatoms. The third-order valence-electron chi connectivity index (χ3n) is 6.29. The van der Waals surface area contributed by atoms with Crippen LogP contribution in [-0.4, -0.2) is 40.8 Å². The SMILES string of the molecule is CC[C@@H](C)NC(=O)[C@@H](Cc1ccccc1)N(Cc1cccc(OC)c1)C(=O)Cc1ccccc1[N+](=O)[O-]. The first-order valence-corrected chi connectivity index (χ1v) is 12.3. The molecule has 0 bridgehead atoms. The van der Waals surface area contributed by atoms with E-state index in [0.29, 0.717) is 17.7 Å². The maximum absolute atomic E-state index is 13.8. The number of amides is 2. The first-order valence-electron chi connectivity index (χ1n) is 12.3. The molecule has 3 aromatic carbocycles. The third-order valence-corrected chi connectivity index (χ3v) is 6.29. The van der Waals surface area contributed by atoms with E-state index in [2.05, 4.69) is 5.32 Å². The molecular weight excluding hydrogens is 470 g/mol. The maximum atomic E-state index is 13.8. The van der Waals surface area contributed by atoms with Crippen LogP contribution in [0.4, 0.5) is 5.69 Å². The van der Waals surface area contributed by atoms with Crippen LogP contribution in [0.15, 0.2) is 78.9 Å². The molecule has 0 aromatic heterocycles. The van der Waals surface area contributed by atoms with Crippen LogP contribution in [0.25, 0.3) is 0 Å². The Hall–Kier alpha value is -4.20. The molecule has 0 saturated heterocycles. The monoisotopic (exact) mass is 503 g/mol. The van der Waals surface area contributed by atoms with Crippen LogP contribution in [-0.2, 0) is 29.0 Å². The number of benzene rings is 3. The summed E-state index contributed by atoms with van der Waals surface area (Å²) in [6.07, 6.45) is 0.836. The van der Waals surface area contributed by atoms with E-state index in [1.807, 2.05) is 62.4 Å². The number of nitro benzene ring substituents is 1. The Morgan fingerprint density at radius 1 is 1.00 bits per heavy atom. The number of nitrogens with one attached hydrogen (secondary N) is 1. The lowest BCUT2D eigenvalue weighted by Crippen LogP contribution is -2.52. The van der Waals surface area contributed by atoms with Crippen LogP contribution in [0.2, 0.25) is 0 Å². The van der Waals surface area contributed by atoms with E-state index in [1.165, 1.54) is 11.0 Å². The number of nitrogens with zero attached hydrogens (tertiary/aromatic N) is 2. The molecule has 0 unspecified atom stereocenters. The van der Waals surface area contributed by atoms with Crippen molar-refractivity contribution in [2.75, 3.05) is 7.11 Å². The number of rotatable bonds is 12. The van der Waals surface area contributed by atoms with Crippen LogP contribution >= 0.6 is 0 Å². The van der Waals surface area contributed by atoms with Crippen molar-refractivity contribution in [3.63, 3.8) is 0 Å². The highest BCUT2D eigenvalue weighted by molar-refractivity contribution is 5.89. The van der Waals surface area contributed by atoms with Gasteiger partial charge in [0.05, 0.1) is 18.5 Å². The Kier molecular flexibility index (Phi) is 9.77. The van der Waals surface area contributed by atoms with Crippen molar-refractivity contribution in [3.05, 3.63) is 106 Å². The molecule has 0 saturated carbocycles. The first kappa shape index (κ1) is 27.4.